The van der Waals surface area contributed by atoms with Crippen molar-refractivity contribution in [2.24, 2.45) is 0 Å². The lowest BCUT2D eigenvalue weighted by molar-refractivity contribution is -0.154. The highest BCUT2D eigenvalue weighted by Gasteiger charge is 2.16. The SMILES string of the molecule is CN(CCSC=O)C(=O)CCCC(=O)OC(C)(C)C. The van der Waals surface area contributed by atoms with Gasteiger partial charge >= 0.3 is 5.97 Å². The Bertz CT molecular complexity index is 312. The first-order chi connectivity index (χ1) is 8.76. The minimum atomic E-state index is -0.482. The van der Waals surface area contributed by atoms with Crippen molar-refractivity contribution in [3.63, 3.8) is 0 Å². The van der Waals surface area contributed by atoms with Crippen molar-refractivity contribution in [1.29, 1.82) is 0 Å². The van der Waals surface area contributed by atoms with Gasteiger partial charge in [-0.25, -0.2) is 0 Å². The molecule has 0 unspecified atom stereocenters. The second-order valence-corrected chi connectivity index (χ2v) is 6.16. The van der Waals surface area contributed by atoms with E-state index in [1.807, 2.05) is 20.8 Å². The Hall–Kier alpha value is -1.04. The van der Waals surface area contributed by atoms with Gasteiger partial charge in [-0.05, 0) is 27.2 Å². The smallest absolute Gasteiger partial charge is 0.306 e. The summed E-state index contributed by atoms with van der Waals surface area (Å²) < 4.78 is 5.15. The minimum absolute atomic E-state index is 0.0185. The predicted octanol–water partition coefficient (Wildman–Crippen LogP) is 1.88. The van der Waals surface area contributed by atoms with Gasteiger partial charge in [-0.2, -0.15) is 0 Å². The molecule has 110 valence electrons. The van der Waals surface area contributed by atoms with Crippen molar-refractivity contribution in [3.8, 4) is 0 Å². The molecule has 6 heteroatoms. The third-order valence-corrected chi connectivity index (χ3v) is 2.78. The van der Waals surface area contributed by atoms with Gasteiger partial charge in [0.1, 0.15) is 5.60 Å². The van der Waals surface area contributed by atoms with E-state index in [2.05, 4.69) is 0 Å². The van der Waals surface area contributed by atoms with Crippen LogP contribution in [-0.4, -0.2) is 47.3 Å². The average molecular weight is 289 g/mol. The summed E-state index contributed by atoms with van der Waals surface area (Å²) in [6, 6.07) is 0. The molecule has 0 fully saturated rings. The lowest BCUT2D eigenvalue weighted by Gasteiger charge is -2.19. The van der Waals surface area contributed by atoms with E-state index in [1.54, 1.807) is 11.9 Å². The van der Waals surface area contributed by atoms with Gasteiger partial charge in [-0.1, -0.05) is 11.8 Å². The number of hydrogen-bond donors (Lipinski definition) is 0. The van der Waals surface area contributed by atoms with Crippen LogP contribution in [0.1, 0.15) is 40.0 Å². The highest BCUT2D eigenvalue weighted by Crippen LogP contribution is 2.10. The molecule has 1 amide bonds. The van der Waals surface area contributed by atoms with E-state index >= 15 is 0 Å². The Kier molecular flexibility index (Phi) is 8.47. The van der Waals surface area contributed by atoms with Crippen LogP contribution >= 0.6 is 11.8 Å². The molecule has 0 saturated heterocycles. The maximum Gasteiger partial charge on any atom is 0.306 e. The van der Waals surface area contributed by atoms with Crippen LogP contribution in [0.15, 0.2) is 0 Å². The summed E-state index contributed by atoms with van der Waals surface area (Å²) in [7, 11) is 1.70. The molecule has 0 atom stereocenters. The molecule has 0 heterocycles. The van der Waals surface area contributed by atoms with E-state index in [9.17, 15) is 14.4 Å². The van der Waals surface area contributed by atoms with Gasteiger partial charge in [-0.3, -0.25) is 14.4 Å². The van der Waals surface area contributed by atoms with E-state index in [4.69, 9.17) is 4.74 Å². The molecular formula is C13H23NO4S. The Morgan fingerprint density at radius 1 is 1.26 bits per heavy atom. The molecule has 0 aliphatic carbocycles. The Labute approximate surface area is 119 Å². The molecule has 5 nitrogen and oxygen atoms in total. The molecule has 0 N–H and O–H groups in total. The number of carbonyl (C=O) groups is 3. The Morgan fingerprint density at radius 2 is 1.89 bits per heavy atom. The second-order valence-electron chi connectivity index (χ2n) is 5.22. The van der Waals surface area contributed by atoms with E-state index in [1.165, 1.54) is 0 Å². The summed E-state index contributed by atoms with van der Waals surface area (Å²) >= 11 is 1.14. The van der Waals surface area contributed by atoms with Gasteiger partial charge < -0.3 is 9.64 Å². The Balaban J connectivity index is 3.78. The summed E-state index contributed by atoms with van der Waals surface area (Å²) in [4.78, 5) is 34.8. The quantitative estimate of drug-likeness (QED) is 0.388. The van der Waals surface area contributed by atoms with Crippen molar-refractivity contribution in [3.05, 3.63) is 0 Å². The molecule has 0 spiro atoms. The second kappa shape index (κ2) is 8.96. The number of ether oxygens (including phenoxy) is 1. The number of hydrogen-bond acceptors (Lipinski definition) is 5. The highest BCUT2D eigenvalue weighted by atomic mass is 32.2. The number of thioether (sulfide) groups is 1. The molecule has 0 aromatic rings. The molecule has 0 bridgehead atoms. The first kappa shape index (κ1) is 18.0. The van der Waals surface area contributed by atoms with E-state index in [0.29, 0.717) is 25.1 Å². The van der Waals surface area contributed by atoms with Gasteiger partial charge in [0.25, 0.3) is 0 Å². The maximum absolute atomic E-state index is 11.7. The average Bonchev–Trinajstić information content (AvgIpc) is 2.26. The molecule has 0 rings (SSSR count). The summed E-state index contributed by atoms with van der Waals surface area (Å²) in [6.45, 7) is 5.98. The molecule has 19 heavy (non-hydrogen) atoms. The van der Waals surface area contributed by atoms with Crippen molar-refractivity contribution in [1.82, 2.24) is 4.90 Å². The van der Waals surface area contributed by atoms with E-state index in [-0.39, 0.29) is 18.3 Å². The van der Waals surface area contributed by atoms with E-state index in [0.717, 1.165) is 17.4 Å². The minimum Gasteiger partial charge on any atom is -0.460 e. The van der Waals surface area contributed by atoms with Crippen LogP contribution in [0.2, 0.25) is 0 Å². The molecule has 0 aromatic heterocycles. The zero-order chi connectivity index (χ0) is 14.9. The van der Waals surface area contributed by atoms with Crippen LogP contribution in [0, 0.1) is 0 Å². The first-order valence-corrected chi connectivity index (χ1v) is 7.32. The third-order valence-electron chi connectivity index (χ3n) is 2.23. The lowest BCUT2D eigenvalue weighted by atomic mass is 10.2. The fourth-order valence-electron chi connectivity index (χ4n) is 1.33. The van der Waals surface area contributed by atoms with Gasteiger partial charge in [0.15, 0.2) is 5.62 Å². The normalized spacial score (nSPS) is 10.9. The van der Waals surface area contributed by atoms with Crippen LogP contribution in [0.25, 0.3) is 0 Å². The van der Waals surface area contributed by atoms with Gasteiger partial charge in [-0.15, -0.1) is 0 Å². The zero-order valence-electron chi connectivity index (χ0n) is 12.1. The zero-order valence-corrected chi connectivity index (χ0v) is 12.9. The van der Waals surface area contributed by atoms with Crippen molar-refractivity contribution in [2.45, 2.75) is 45.6 Å². The summed E-state index contributed by atoms with van der Waals surface area (Å²) in [6.07, 6.45) is 1.06. The molecular weight excluding hydrogens is 266 g/mol. The fourth-order valence-corrected chi connectivity index (χ4v) is 1.81. The van der Waals surface area contributed by atoms with Crippen LogP contribution in [0.3, 0.4) is 0 Å². The topological polar surface area (TPSA) is 63.7 Å². The van der Waals surface area contributed by atoms with Crippen LogP contribution in [-0.2, 0) is 19.1 Å². The number of carbonyl (C=O) groups excluding carboxylic acids is 3. The summed E-state index contributed by atoms with van der Waals surface area (Å²) in [5.74, 6) is 0.298. The van der Waals surface area contributed by atoms with Crippen molar-refractivity contribution in [2.75, 3.05) is 19.3 Å². The standard InChI is InChI=1S/C13H23NO4S/c1-13(2,3)18-12(17)7-5-6-11(16)14(4)8-9-19-10-15/h10H,5-9H2,1-4H3. The molecule has 0 aliphatic rings. The van der Waals surface area contributed by atoms with Gasteiger partial charge in [0.05, 0.1) is 0 Å². The van der Waals surface area contributed by atoms with Crippen LogP contribution in [0.4, 0.5) is 0 Å². The lowest BCUT2D eigenvalue weighted by Crippen LogP contribution is -2.29. The Morgan fingerprint density at radius 3 is 2.42 bits per heavy atom. The van der Waals surface area contributed by atoms with Crippen molar-refractivity contribution >= 4 is 29.3 Å². The molecule has 0 aromatic carbocycles. The number of amides is 1. The maximum atomic E-state index is 11.7. The van der Waals surface area contributed by atoms with Gasteiger partial charge in [0.2, 0.25) is 5.91 Å². The summed E-state index contributed by atoms with van der Waals surface area (Å²) in [5.41, 5.74) is 0.282. The third kappa shape index (κ3) is 10.6. The molecule has 0 saturated carbocycles. The monoisotopic (exact) mass is 289 g/mol. The fraction of sp³-hybridized carbons (Fsp3) is 0.769. The van der Waals surface area contributed by atoms with E-state index < -0.39 is 5.60 Å². The van der Waals surface area contributed by atoms with Crippen LogP contribution < -0.4 is 0 Å². The number of rotatable bonds is 8. The number of esters is 1. The van der Waals surface area contributed by atoms with Gasteiger partial charge in [0, 0.05) is 32.2 Å². The molecule has 0 radical (unpaired) electrons. The molecule has 0 aliphatic heterocycles. The van der Waals surface area contributed by atoms with Crippen LogP contribution in [0.5, 0.6) is 0 Å². The highest BCUT2D eigenvalue weighted by molar-refractivity contribution is 8.11. The number of nitrogens with zero attached hydrogens (tertiary/aromatic N) is 1. The largest absolute Gasteiger partial charge is 0.460 e. The van der Waals surface area contributed by atoms with Crippen molar-refractivity contribution < 1.29 is 19.1 Å². The summed E-state index contributed by atoms with van der Waals surface area (Å²) in [5, 5.41) is 0. The predicted molar refractivity (Wildman–Crippen MR) is 76.5 cm³/mol. The first-order valence-electron chi connectivity index (χ1n) is 6.27.